The van der Waals surface area contributed by atoms with Crippen LogP contribution in [0.25, 0.3) is 0 Å². The number of halogens is 2. The lowest BCUT2D eigenvalue weighted by Gasteiger charge is -2.19. The van der Waals surface area contributed by atoms with Crippen LogP contribution >= 0.6 is 27.5 Å². The highest BCUT2D eigenvalue weighted by molar-refractivity contribution is 9.10. The molecule has 0 saturated heterocycles. The van der Waals surface area contributed by atoms with Gasteiger partial charge in [-0.2, -0.15) is 5.26 Å². The Kier molecular flexibility index (Phi) is 9.30. The highest BCUT2D eigenvalue weighted by Crippen LogP contribution is 2.37. The predicted molar refractivity (Wildman–Crippen MR) is 167 cm³/mol. The van der Waals surface area contributed by atoms with E-state index in [9.17, 15) is 10.1 Å². The minimum atomic E-state index is -0.664. The lowest BCUT2D eigenvalue weighted by atomic mass is 9.87. The van der Waals surface area contributed by atoms with Gasteiger partial charge < -0.3 is 27.4 Å². The van der Waals surface area contributed by atoms with E-state index in [2.05, 4.69) is 47.9 Å². The molecule has 0 unspecified atom stereocenters. The van der Waals surface area contributed by atoms with Crippen molar-refractivity contribution in [2.24, 2.45) is 21.1 Å². The van der Waals surface area contributed by atoms with Gasteiger partial charge in [0.15, 0.2) is 5.96 Å². The van der Waals surface area contributed by atoms with Crippen LogP contribution in [-0.4, -0.2) is 24.8 Å². The van der Waals surface area contributed by atoms with E-state index in [1.54, 1.807) is 43.4 Å². The number of nitrogens with two attached hydrogens (primary N) is 2. The van der Waals surface area contributed by atoms with Crippen molar-refractivity contribution in [2.45, 2.75) is 32.2 Å². The lowest BCUT2D eigenvalue weighted by molar-refractivity contribution is 0.102. The van der Waals surface area contributed by atoms with Crippen molar-refractivity contribution in [3.8, 4) is 6.07 Å². The van der Waals surface area contributed by atoms with Crippen molar-refractivity contribution in [3.05, 3.63) is 81.3 Å². The summed E-state index contributed by atoms with van der Waals surface area (Å²) in [6.07, 6.45) is 3.44. The van der Waals surface area contributed by atoms with Crippen LogP contribution in [0, 0.1) is 16.7 Å². The number of carbonyl (C=O) groups is 1. The minimum Gasteiger partial charge on any atom is -0.397 e. The van der Waals surface area contributed by atoms with E-state index in [0.717, 1.165) is 35.7 Å². The van der Waals surface area contributed by atoms with Gasteiger partial charge in [-0.15, -0.1) is 0 Å². The van der Waals surface area contributed by atoms with Gasteiger partial charge in [0.05, 0.1) is 34.7 Å². The molecule has 0 aliphatic heterocycles. The van der Waals surface area contributed by atoms with E-state index in [-0.39, 0.29) is 5.91 Å². The summed E-state index contributed by atoms with van der Waals surface area (Å²) in [5.74, 6) is 0.474. The Bertz CT molecular complexity index is 1490. The number of aliphatic imine (C=N–C) groups is 2. The van der Waals surface area contributed by atoms with E-state index in [1.807, 2.05) is 24.3 Å². The second-order valence-electron chi connectivity index (χ2n) is 9.50. The fourth-order valence-corrected chi connectivity index (χ4v) is 4.87. The van der Waals surface area contributed by atoms with Gasteiger partial charge in [-0.25, -0.2) is 0 Å². The predicted octanol–water partition coefficient (Wildman–Crippen LogP) is 6.39. The van der Waals surface area contributed by atoms with Crippen molar-refractivity contribution in [3.63, 3.8) is 0 Å². The number of benzene rings is 3. The second kappa shape index (κ2) is 12.9. The zero-order chi connectivity index (χ0) is 28.7. The molecule has 9 nitrogen and oxygen atoms in total. The standard InChI is InChI=1S/C29H30BrClN8O/c1-35-28(39-25-15-19(5-11-23(25)33)26(40)37-21-8-6-20(30)7-9-21)38-24-14-18(4-10-22(24)31)16-36-27(34)29(17-32)12-2-3-13-29/h4-11,14-15H,2-3,12-13,16,33H2,1H3,(H2,34,36)(H,37,40)(H2,35,38,39). The first-order valence-electron chi connectivity index (χ1n) is 12.7. The summed E-state index contributed by atoms with van der Waals surface area (Å²) in [7, 11) is 1.61. The number of rotatable bonds is 7. The number of anilines is 4. The maximum absolute atomic E-state index is 12.8. The Labute approximate surface area is 246 Å². The van der Waals surface area contributed by atoms with Crippen molar-refractivity contribution < 1.29 is 4.79 Å². The van der Waals surface area contributed by atoms with Crippen LogP contribution in [0.1, 0.15) is 41.6 Å². The molecule has 0 atom stereocenters. The van der Waals surface area contributed by atoms with Crippen molar-refractivity contribution in [2.75, 3.05) is 28.7 Å². The third-order valence-corrected chi connectivity index (χ3v) is 7.63. The lowest BCUT2D eigenvalue weighted by Crippen LogP contribution is -2.33. The molecular weight excluding hydrogens is 592 g/mol. The number of hydrogen-bond donors (Lipinski definition) is 5. The van der Waals surface area contributed by atoms with Crippen molar-refractivity contribution >= 4 is 68.0 Å². The molecule has 1 amide bonds. The molecule has 206 valence electrons. The molecule has 0 aromatic heterocycles. The number of hydrogen-bond acceptors (Lipinski definition) is 5. The van der Waals surface area contributed by atoms with Crippen LogP contribution in [0.5, 0.6) is 0 Å². The Hall–Kier alpha value is -4.07. The topological polar surface area (TPSA) is 154 Å². The first-order chi connectivity index (χ1) is 19.2. The number of amides is 1. The van der Waals surface area contributed by atoms with Crippen LogP contribution in [0.3, 0.4) is 0 Å². The first-order valence-corrected chi connectivity index (χ1v) is 13.9. The van der Waals surface area contributed by atoms with Crippen LogP contribution in [0.2, 0.25) is 5.02 Å². The molecule has 7 N–H and O–H groups in total. The number of guanidine groups is 1. The van der Waals surface area contributed by atoms with Crippen LogP contribution in [-0.2, 0) is 6.54 Å². The average molecular weight is 622 g/mol. The number of carbonyl (C=O) groups excluding carboxylic acids is 1. The molecule has 3 aromatic carbocycles. The molecular formula is C29H30BrClN8O. The van der Waals surface area contributed by atoms with Gasteiger partial charge in [-0.1, -0.05) is 46.4 Å². The van der Waals surface area contributed by atoms with Crippen LogP contribution in [0.15, 0.2) is 75.1 Å². The van der Waals surface area contributed by atoms with E-state index in [1.165, 1.54) is 0 Å². The molecule has 1 aliphatic rings. The van der Waals surface area contributed by atoms with Gasteiger partial charge in [-0.3, -0.25) is 14.8 Å². The number of nitriles is 1. The molecule has 0 spiro atoms. The Morgan fingerprint density at radius 2 is 1.75 bits per heavy atom. The second-order valence-corrected chi connectivity index (χ2v) is 10.8. The van der Waals surface area contributed by atoms with Gasteiger partial charge >= 0.3 is 0 Å². The molecule has 3 aromatic rings. The fraction of sp³-hybridized carbons (Fsp3) is 0.241. The summed E-state index contributed by atoms with van der Waals surface area (Å²) in [6, 6.07) is 20.1. The SMILES string of the molecule is CN=C(Nc1cc(C(=O)Nc2ccc(Br)cc2)ccc1N)Nc1cc(CN=C(N)C2(C#N)CCCC2)ccc1Cl. The minimum absolute atomic E-state index is 0.278. The summed E-state index contributed by atoms with van der Waals surface area (Å²) in [4.78, 5) is 21.6. The third-order valence-electron chi connectivity index (χ3n) is 6.77. The molecule has 0 heterocycles. The largest absolute Gasteiger partial charge is 0.397 e. The Morgan fingerprint density at radius 1 is 1.05 bits per heavy atom. The fourth-order valence-electron chi connectivity index (χ4n) is 4.44. The summed E-state index contributed by atoms with van der Waals surface area (Å²) < 4.78 is 0.919. The number of nitrogen functional groups attached to an aromatic ring is 1. The molecule has 1 aliphatic carbocycles. The average Bonchev–Trinajstić information content (AvgIpc) is 3.45. The number of amidine groups is 1. The molecule has 11 heteroatoms. The summed E-state index contributed by atoms with van der Waals surface area (Å²) in [6.45, 7) is 0.315. The quantitative estimate of drug-likeness (QED) is 0.117. The van der Waals surface area contributed by atoms with Crippen molar-refractivity contribution in [1.82, 2.24) is 0 Å². The molecule has 1 saturated carbocycles. The Balaban J connectivity index is 1.46. The monoisotopic (exact) mass is 620 g/mol. The zero-order valence-electron chi connectivity index (χ0n) is 22.0. The normalized spacial score (nSPS) is 14.8. The Morgan fingerprint density at radius 3 is 2.42 bits per heavy atom. The van der Waals surface area contributed by atoms with Gasteiger partial charge in [0.2, 0.25) is 0 Å². The third kappa shape index (κ3) is 6.92. The zero-order valence-corrected chi connectivity index (χ0v) is 24.3. The van der Waals surface area contributed by atoms with Crippen molar-refractivity contribution in [1.29, 1.82) is 5.26 Å². The maximum atomic E-state index is 12.8. The number of nitrogens with zero attached hydrogens (tertiary/aromatic N) is 3. The van der Waals surface area contributed by atoms with Crippen LogP contribution < -0.4 is 27.4 Å². The maximum Gasteiger partial charge on any atom is 0.255 e. The molecule has 0 bridgehead atoms. The smallest absolute Gasteiger partial charge is 0.255 e. The van der Waals surface area contributed by atoms with E-state index >= 15 is 0 Å². The van der Waals surface area contributed by atoms with Crippen LogP contribution in [0.4, 0.5) is 22.7 Å². The summed E-state index contributed by atoms with van der Waals surface area (Å²) >= 11 is 9.85. The van der Waals surface area contributed by atoms with E-state index in [4.69, 9.17) is 23.1 Å². The highest BCUT2D eigenvalue weighted by Gasteiger charge is 2.37. The highest BCUT2D eigenvalue weighted by atomic mass is 79.9. The van der Waals surface area contributed by atoms with Gasteiger partial charge in [0, 0.05) is 22.8 Å². The molecule has 4 rings (SSSR count). The van der Waals surface area contributed by atoms with Gasteiger partial charge in [-0.05, 0) is 73.0 Å². The molecule has 1 fully saturated rings. The summed E-state index contributed by atoms with van der Waals surface area (Å²) in [5, 5.41) is 19.3. The molecule has 0 radical (unpaired) electrons. The van der Waals surface area contributed by atoms with E-state index in [0.29, 0.717) is 51.7 Å². The molecule has 40 heavy (non-hydrogen) atoms. The first kappa shape index (κ1) is 28.9. The van der Waals surface area contributed by atoms with Gasteiger partial charge in [0.25, 0.3) is 5.91 Å². The van der Waals surface area contributed by atoms with Gasteiger partial charge in [0.1, 0.15) is 11.3 Å². The van der Waals surface area contributed by atoms with E-state index < -0.39 is 5.41 Å². The summed E-state index contributed by atoms with van der Waals surface area (Å²) in [5.41, 5.74) is 15.3. The number of nitrogens with one attached hydrogen (secondary N) is 3.